The van der Waals surface area contributed by atoms with E-state index in [1.165, 1.54) is 0 Å². The number of Topliss-reactive ketones (excluding diaryl/α,β-unsaturated/α-hetero) is 1. The number of hydrogen-bond acceptors (Lipinski definition) is 5. The number of allylic oxidation sites excluding steroid dienone is 4. The molecule has 6 rings (SSSR count). The minimum Gasteiger partial charge on any atom is -0.460 e. The van der Waals surface area contributed by atoms with Crippen molar-refractivity contribution >= 4 is 17.5 Å². The molecule has 0 radical (unpaired) electrons. The summed E-state index contributed by atoms with van der Waals surface area (Å²) in [5.41, 5.74) is -0.267. The Kier molecular flexibility index (Phi) is 6.64. The number of carbonyl (C=O) groups excluding carboxylic acids is 3. The smallest absolute Gasteiger partial charge is 0.312 e. The van der Waals surface area contributed by atoms with Crippen LogP contribution in [-0.2, 0) is 25.7 Å². The number of nitriles is 1. The van der Waals surface area contributed by atoms with Crippen molar-refractivity contribution in [3.8, 4) is 6.07 Å². The number of ether oxygens (including phenoxy) is 1. The molecule has 1 aromatic rings. The number of fused-ring (bicyclic) bond motifs is 7. The van der Waals surface area contributed by atoms with Crippen molar-refractivity contribution in [2.24, 2.45) is 50.2 Å². The van der Waals surface area contributed by atoms with Crippen LogP contribution in [0.3, 0.4) is 0 Å². The highest BCUT2D eigenvalue weighted by atomic mass is 16.5. The first-order chi connectivity index (χ1) is 20.1. The molecule has 3 saturated carbocycles. The van der Waals surface area contributed by atoms with Crippen LogP contribution in [-0.4, -0.2) is 17.5 Å². The quantitative estimate of drug-likeness (QED) is 0.338. The SMILES string of the molecule is CC1(C)CC[C@]2(C(=O)OCc3ccccc3)CC[C@]3(C)[C@H](C(=O)C=C4[C@@]5(C)C=C(C#N)C(=O)C(C)(C)[C@@H]5CC[C@]43C)[C@@H]2C1. The molecule has 0 amide bonds. The maximum absolute atomic E-state index is 14.7. The van der Waals surface area contributed by atoms with Gasteiger partial charge in [-0.1, -0.05) is 90.4 Å². The van der Waals surface area contributed by atoms with Crippen LogP contribution in [0, 0.1) is 61.6 Å². The van der Waals surface area contributed by atoms with Crippen LogP contribution in [0.5, 0.6) is 0 Å². The van der Waals surface area contributed by atoms with Crippen molar-refractivity contribution in [3.63, 3.8) is 0 Å². The minimum atomic E-state index is -0.685. The fourth-order valence-corrected chi connectivity index (χ4v) is 10.9. The van der Waals surface area contributed by atoms with Crippen LogP contribution >= 0.6 is 0 Å². The molecular weight excluding hydrogens is 534 g/mol. The lowest BCUT2D eigenvalue weighted by Gasteiger charge is -2.68. The molecule has 5 heteroatoms. The number of nitrogens with zero attached hydrogens (tertiary/aromatic N) is 1. The van der Waals surface area contributed by atoms with E-state index in [1.807, 2.05) is 56.3 Å². The Morgan fingerprint density at radius 1 is 0.953 bits per heavy atom. The van der Waals surface area contributed by atoms with Gasteiger partial charge in [0.1, 0.15) is 12.7 Å². The Balaban J connectivity index is 1.44. The number of benzene rings is 1. The van der Waals surface area contributed by atoms with Gasteiger partial charge in [-0.15, -0.1) is 0 Å². The van der Waals surface area contributed by atoms with Crippen molar-refractivity contribution in [2.75, 3.05) is 0 Å². The van der Waals surface area contributed by atoms with Gasteiger partial charge in [0.15, 0.2) is 11.6 Å². The molecule has 0 N–H and O–H groups in total. The second kappa shape index (κ2) is 9.50. The number of hydrogen-bond donors (Lipinski definition) is 0. The predicted octanol–water partition coefficient (Wildman–Crippen LogP) is 7.95. The normalized spacial score (nSPS) is 40.8. The van der Waals surface area contributed by atoms with Crippen molar-refractivity contribution in [2.45, 2.75) is 100 Å². The van der Waals surface area contributed by atoms with Crippen molar-refractivity contribution in [1.29, 1.82) is 5.26 Å². The topological polar surface area (TPSA) is 84.2 Å². The van der Waals surface area contributed by atoms with E-state index >= 15 is 0 Å². The predicted molar refractivity (Wildman–Crippen MR) is 165 cm³/mol. The Morgan fingerprint density at radius 3 is 2.30 bits per heavy atom. The lowest BCUT2D eigenvalue weighted by molar-refractivity contribution is -0.194. The van der Waals surface area contributed by atoms with E-state index < -0.39 is 16.2 Å². The standard InChI is InChI=1S/C38H47NO4/c1-33(2)15-17-38(32(42)43-23-24-11-9-8-10-12-24)18-16-37(7)30(26(38)21-33)27(40)19-29-35(5)20-25(22-39)31(41)34(3,4)28(35)13-14-36(29,37)6/h8-12,19-20,26,28,30H,13-18,21,23H2,1-7H3/t26-,28-,30-,35-,36+,37+,38-/m0/s1. The van der Waals surface area contributed by atoms with E-state index in [0.29, 0.717) is 6.42 Å². The molecule has 0 unspecified atom stereocenters. The molecule has 0 heterocycles. The summed E-state index contributed by atoms with van der Waals surface area (Å²) in [6, 6.07) is 12.0. The zero-order chi connectivity index (χ0) is 31.2. The summed E-state index contributed by atoms with van der Waals surface area (Å²) in [4.78, 5) is 42.1. The fraction of sp³-hybridized carbons (Fsp3) is 0.632. The first-order valence-corrected chi connectivity index (χ1v) is 16.2. The largest absolute Gasteiger partial charge is 0.460 e. The average Bonchev–Trinajstić information content (AvgIpc) is 2.95. The summed E-state index contributed by atoms with van der Waals surface area (Å²) in [6.07, 6.45) is 9.52. The van der Waals surface area contributed by atoms with Crippen LogP contribution in [0.4, 0.5) is 0 Å². The Bertz CT molecular complexity index is 1490. The Labute approximate surface area is 257 Å². The van der Waals surface area contributed by atoms with Gasteiger partial charge >= 0.3 is 5.97 Å². The molecule has 0 bridgehead atoms. The second-order valence-corrected chi connectivity index (χ2v) is 16.5. The molecular formula is C38H47NO4. The summed E-state index contributed by atoms with van der Waals surface area (Å²) < 4.78 is 6.08. The molecule has 5 aliphatic rings. The summed E-state index contributed by atoms with van der Waals surface area (Å²) in [6.45, 7) is 15.5. The first-order valence-electron chi connectivity index (χ1n) is 16.2. The van der Waals surface area contributed by atoms with Crippen LogP contribution < -0.4 is 0 Å². The molecule has 1 aromatic carbocycles. The fourth-order valence-electron chi connectivity index (χ4n) is 10.9. The molecule has 0 aliphatic heterocycles. The molecule has 0 spiro atoms. The Hall–Kier alpha value is -3.00. The van der Waals surface area contributed by atoms with Gasteiger partial charge in [0.2, 0.25) is 0 Å². The van der Waals surface area contributed by atoms with Gasteiger partial charge in [0.05, 0.1) is 11.0 Å². The molecule has 0 aromatic heterocycles. The maximum atomic E-state index is 14.7. The summed E-state index contributed by atoms with van der Waals surface area (Å²) >= 11 is 0. The number of carbonyl (C=O) groups is 3. The van der Waals surface area contributed by atoms with Crippen LogP contribution in [0.2, 0.25) is 0 Å². The third kappa shape index (κ3) is 4.04. The second-order valence-electron chi connectivity index (χ2n) is 16.5. The van der Waals surface area contributed by atoms with E-state index in [-0.39, 0.29) is 63.7 Å². The van der Waals surface area contributed by atoms with Crippen molar-refractivity contribution in [1.82, 2.24) is 0 Å². The van der Waals surface area contributed by atoms with Crippen LogP contribution in [0.1, 0.15) is 99.0 Å². The molecule has 43 heavy (non-hydrogen) atoms. The van der Waals surface area contributed by atoms with Gasteiger partial charge < -0.3 is 4.74 Å². The van der Waals surface area contributed by atoms with Gasteiger partial charge in [-0.25, -0.2) is 0 Å². The number of esters is 1. The third-order valence-corrected chi connectivity index (χ3v) is 13.5. The highest BCUT2D eigenvalue weighted by molar-refractivity contribution is 6.04. The van der Waals surface area contributed by atoms with Crippen LogP contribution in [0.25, 0.3) is 0 Å². The number of rotatable bonds is 3. The maximum Gasteiger partial charge on any atom is 0.312 e. The molecule has 7 atom stereocenters. The minimum absolute atomic E-state index is 0.0149. The Morgan fingerprint density at radius 2 is 1.63 bits per heavy atom. The highest BCUT2D eigenvalue weighted by Gasteiger charge is 2.71. The van der Waals surface area contributed by atoms with Crippen molar-refractivity contribution < 1.29 is 19.1 Å². The van der Waals surface area contributed by atoms with E-state index in [2.05, 4.69) is 40.7 Å². The lowest BCUT2D eigenvalue weighted by atomic mass is 9.34. The number of ketones is 2. The average molecular weight is 582 g/mol. The molecule has 5 nitrogen and oxygen atoms in total. The third-order valence-electron chi connectivity index (χ3n) is 13.5. The van der Waals surface area contributed by atoms with Gasteiger partial charge in [-0.3, -0.25) is 14.4 Å². The van der Waals surface area contributed by atoms with Gasteiger partial charge in [0, 0.05) is 16.7 Å². The van der Waals surface area contributed by atoms with E-state index in [4.69, 9.17) is 4.74 Å². The summed E-state index contributed by atoms with van der Waals surface area (Å²) in [5, 5.41) is 9.95. The summed E-state index contributed by atoms with van der Waals surface area (Å²) in [5.74, 6) is -0.482. The van der Waals surface area contributed by atoms with Crippen molar-refractivity contribution in [3.05, 3.63) is 59.2 Å². The van der Waals surface area contributed by atoms with Crippen LogP contribution in [0.15, 0.2) is 53.6 Å². The van der Waals surface area contributed by atoms with Gasteiger partial charge in [-0.2, -0.15) is 5.26 Å². The lowest BCUT2D eigenvalue weighted by Crippen LogP contribution is -2.65. The highest BCUT2D eigenvalue weighted by Crippen LogP contribution is 2.74. The monoisotopic (exact) mass is 581 g/mol. The van der Waals surface area contributed by atoms with E-state index in [9.17, 15) is 19.6 Å². The molecule has 0 saturated heterocycles. The zero-order valence-electron chi connectivity index (χ0n) is 27.0. The van der Waals surface area contributed by atoms with Gasteiger partial charge in [-0.05, 0) is 84.7 Å². The van der Waals surface area contributed by atoms with Gasteiger partial charge in [0.25, 0.3) is 0 Å². The zero-order valence-corrected chi connectivity index (χ0v) is 27.0. The van der Waals surface area contributed by atoms with E-state index in [1.54, 1.807) is 0 Å². The molecule has 5 aliphatic carbocycles. The van der Waals surface area contributed by atoms with E-state index in [0.717, 1.165) is 49.7 Å². The first kappa shape index (κ1) is 30.0. The summed E-state index contributed by atoms with van der Waals surface area (Å²) in [7, 11) is 0. The molecule has 228 valence electrons. The molecule has 3 fully saturated rings.